The lowest BCUT2D eigenvalue weighted by atomic mass is 10.2. The Morgan fingerprint density at radius 2 is 2.05 bits per heavy atom. The second kappa shape index (κ2) is 5.67. The molecule has 1 aromatic carbocycles. The van der Waals surface area contributed by atoms with Crippen molar-refractivity contribution >= 4 is 23.1 Å². The largest absolute Gasteiger partial charge is 0.332 e. The molecule has 0 radical (unpaired) electrons. The summed E-state index contributed by atoms with van der Waals surface area (Å²) in [4.78, 5) is 18.2. The van der Waals surface area contributed by atoms with E-state index in [1.807, 2.05) is 0 Å². The Morgan fingerprint density at radius 1 is 1.33 bits per heavy atom. The van der Waals surface area contributed by atoms with Gasteiger partial charge >= 0.3 is 5.69 Å². The Kier molecular flexibility index (Phi) is 3.94. The molecule has 9 heteroatoms. The summed E-state index contributed by atoms with van der Waals surface area (Å²) in [6.07, 6.45) is 0. The van der Waals surface area contributed by atoms with E-state index in [2.05, 4.69) is 20.7 Å². The molecule has 8 nitrogen and oxygen atoms in total. The fraction of sp³-hybridized carbons (Fsp3) is 0.167. The summed E-state index contributed by atoms with van der Waals surface area (Å²) >= 11 is 0. The summed E-state index contributed by atoms with van der Waals surface area (Å²) in [7, 11) is 0. The van der Waals surface area contributed by atoms with Crippen LogP contribution < -0.4 is 16.6 Å². The summed E-state index contributed by atoms with van der Waals surface area (Å²) in [5, 5.41) is 13.7. The molecular formula is C12H13FN6O2. The van der Waals surface area contributed by atoms with Gasteiger partial charge in [-0.25, -0.2) is 15.2 Å². The van der Waals surface area contributed by atoms with Crippen molar-refractivity contribution < 1.29 is 9.31 Å². The monoisotopic (exact) mass is 292 g/mol. The van der Waals surface area contributed by atoms with Crippen LogP contribution in [0.2, 0.25) is 0 Å². The Balaban J connectivity index is 2.54. The predicted octanol–water partition coefficient (Wildman–Crippen LogP) is 2.17. The molecular weight excluding hydrogens is 279 g/mol. The molecule has 0 saturated carbocycles. The van der Waals surface area contributed by atoms with Gasteiger partial charge in [0.05, 0.1) is 10.6 Å². The van der Waals surface area contributed by atoms with Gasteiger partial charge in [-0.05, 0) is 31.5 Å². The minimum atomic E-state index is -0.633. The molecule has 0 fully saturated rings. The number of hydrazine groups is 1. The van der Waals surface area contributed by atoms with Crippen LogP contribution in [0.3, 0.4) is 0 Å². The summed E-state index contributed by atoms with van der Waals surface area (Å²) in [5.41, 5.74) is 2.86. The summed E-state index contributed by atoms with van der Waals surface area (Å²) in [6, 6.07) is 4.37. The van der Waals surface area contributed by atoms with Crippen LogP contribution in [0.1, 0.15) is 11.3 Å². The smallest absolute Gasteiger partial charge is 0.332 e. The van der Waals surface area contributed by atoms with Gasteiger partial charge in [-0.15, -0.1) is 0 Å². The number of nitrogens with two attached hydrogens (primary N) is 1. The fourth-order valence-electron chi connectivity index (χ4n) is 1.80. The molecule has 1 aromatic heterocycles. The topological polar surface area (TPSA) is 119 Å². The highest BCUT2D eigenvalue weighted by molar-refractivity contribution is 5.68. The van der Waals surface area contributed by atoms with E-state index < -0.39 is 10.7 Å². The summed E-state index contributed by atoms with van der Waals surface area (Å²) in [6.45, 7) is 3.22. The van der Waals surface area contributed by atoms with Gasteiger partial charge in [0.15, 0.2) is 0 Å². The summed E-state index contributed by atoms with van der Waals surface area (Å²) < 4.78 is 13.8. The predicted molar refractivity (Wildman–Crippen MR) is 75.7 cm³/mol. The van der Waals surface area contributed by atoms with Gasteiger partial charge in [0.2, 0.25) is 11.8 Å². The number of hydrogen-bond acceptors (Lipinski definition) is 7. The number of benzene rings is 1. The number of aryl methyl sites for hydroxylation is 2. The van der Waals surface area contributed by atoms with Gasteiger partial charge in [-0.2, -0.15) is 4.98 Å². The van der Waals surface area contributed by atoms with E-state index in [-0.39, 0.29) is 28.8 Å². The molecule has 2 rings (SSSR count). The van der Waals surface area contributed by atoms with Crippen LogP contribution in [0, 0.1) is 29.8 Å². The molecule has 0 saturated heterocycles. The number of halogens is 1. The fourth-order valence-corrected chi connectivity index (χ4v) is 1.80. The molecule has 0 aliphatic heterocycles. The highest BCUT2D eigenvalue weighted by atomic mass is 19.1. The van der Waals surface area contributed by atoms with Gasteiger partial charge < -0.3 is 5.32 Å². The quantitative estimate of drug-likeness (QED) is 0.449. The molecule has 21 heavy (non-hydrogen) atoms. The summed E-state index contributed by atoms with van der Waals surface area (Å²) in [5.74, 6) is 4.53. The number of anilines is 3. The minimum absolute atomic E-state index is 0.00587. The third kappa shape index (κ3) is 3.03. The van der Waals surface area contributed by atoms with Crippen LogP contribution in [-0.2, 0) is 0 Å². The maximum atomic E-state index is 13.8. The second-order valence-corrected chi connectivity index (χ2v) is 4.34. The van der Waals surface area contributed by atoms with E-state index in [0.29, 0.717) is 0 Å². The maximum absolute atomic E-state index is 13.8. The van der Waals surface area contributed by atoms with Crippen molar-refractivity contribution in [1.29, 1.82) is 0 Å². The van der Waals surface area contributed by atoms with E-state index in [4.69, 9.17) is 5.84 Å². The van der Waals surface area contributed by atoms with E-state index in [1.165, 1.54) is 19.1 Å². The number of hydrogen-bond donors (Lipinski definition) is 3. The van der Waals surface area contributed by atoms with Crippen LogP contribution in [0.15, 0.2) is 18.2 Å². The van der Waals surface area contributed by atoms with Crippen molar-refractivity contribution in [3.8, 4) is 0 Å². The zero-order valence-corrected chi connectivity index (χ0v) is 11.3. The molecule has 0 spiro atoms. The lowest BCUT2D eigenvalue weighted by molar-refractivity contribution is -0.385. The minimum Gasteiger partial charge on any atom is -0.332 e. The van der Waals surface area contributed by atoms with Crippen molar-refractivity contribution in [2.75, 3.05) is 10.7 Å². The molecule has 0 atom stereocenters. The molecule has 4 N–H and O–H groups in total. The lowest BCUT2D eigenvalue weighted by Gasteiger charge is -2.10. The molecule has 110 valence electrons. The van der Waals surface area contributed by atoms with Crippen molar-refractivity contribution in [3.05, 3.63) is 45.4 Å². The Bertz CT molecular complexity index is 706. The van der Waals surface area contributed by atoms with Crippen LogP contribution in [-0.4, -0.2) is 14.9 Å². The number of rotatable bonds is 4. The number of nitrogen functional groups attached to an aromatic ring is 1. The van der Waals surface area contributed by atoms with Crippen molar-refractivity contribution in [1.82, 2.24) is 9.97 Å². The Labute approximate surface area is 119 Å². The average molecular weight is 292 g/mol. The Morgan fingerprint density at radius 3 is 2.67 bits per heavy atom. The van der Waals surface area contributed by atoms with Crippen molar-refractivity contribution in [2.24, 2.45) is 5.84 Å². The first-order valence-corrected chi connectivity index (χ1v) is 5.95. The molecule has 0 unspecified atom stereocenters. The van der Waals surface area contributed by atoms with Crippen LogP contribution in [0.25, 0.3) is 0 Å². The molecule has 1 heterocycles. The molecule has 0 aliphatic carbocycles. The third-order valence-corrected chi connectivity index (χ3v) is 2.74. The zero-order valence-electron chi connectivity index (χ0n) is 11.3. The lowest BCUT2D eigenvalue weighted by Crippen LogP contribution is -2.14. The first-order valence-electron chi connectivity index (χ1n) is 5.95. The van der Waals surface area contributed by atoms with Gasteiger partial charge in [-0.1, -0.05) is 6.07 Å². The molecule has 2 aromatic rings. The van der Waals surface area contributed by atoms with Crippen molar-refractivity contribution in [3.63, 3.8) is 0 Å². The van der Waals surface area contributed by atoms with Crippen molar-refractivity contribution in [2.45, 2.75) is 13.8 Å². The van der Waals surface area contributed by atoms with Gasteiger partial charge in [-0.3, -0.25) is 15.5 Å². The first kappa shape index (κ1) is 14.6. The maximum Gasteiger partial charge on any atom is 0.332 e. The van der Waals surface area contributed by atoms with Crippen LogP contribution in [0.5, 0.6) is 0 Å². The van der Waals surface area contributed by atoms with Gasteiger partial charge in [0.25, 0.3) is 0 Å². The number of nitrogens with one attached hydrogen (secondary N) is 2. The van der Waals surface area contributed by atoms with E-state index in [9.17, 15) is 14.5 Å². The van der Waals surface area contributed by atoms with E-state index in [1.54, 1.807) is 13.0 Å². The second-order valence-electron chi connectivity index (χ2n) is 4.34. The molecule has 0 amide bonds. The third-order valence-electron chi connectivity index (χ3n) is 2.74. The number of nitrogens with zero attached hydrogens (tertiary/aromatic N) is 3. The molecule has 0 aliphatic rings. The van der Waals surface area contributed by atoms with Gasteiger partial charge in [0, 0.05) is 0 Å². The highest BCUT2D eigenvalue weighted by Gasteiger charge is 2.22. The standard InChI is InChI=1S/C12H13FN6O2/c1-6-3-4-8(13)9(5-6)16-11-10(19(20)21)7(2)15-12(17-11)18-14/h3-5H,14H2,1-2H3,(H2,15,16,17,18). The normalized spacial score (nSPS) is 10.3. The van der Waals surface area contributed by atoms with E-state index >= 15 is 0 Å². The van der Waals surface area contributed by atoms with E-state index in [0.717, 1.165) is 5.56 Å². The SMILES string of the molecule is Cc1ccc(F)c(Nc2nc(NN)nc(C)c2[N+](=O)[O-])c1. The highest BCUT2D eigenvalue weighted by Crippen LogP contribution is 2.30. The zero-order chi connectivity index (χ0) is 15.6. The first-order chi connectivity index (χ1) is 9.92. The molecule has 0 bridgehead atoms. The van der Waals surface area contributed by atoms with Gasteiger partial charge in [0.1, 0.15) is 11.5 Å². The number of aromatic nitrogens is 2. The number of nitro groups is 1. The van der Waals surface area contributed by atoms with Crippen LogP contribution >= 0.6 is 0 Å². The van der Waals surface area contributed by atoms with Crippen LogP contribution in [0.4, 0.5) is 27.5 Å². The average Bonchev–Trinajstić information content (AvgIpc) is 2.41. The Hall–Kier alpha value is -2.81.